The Kier molecular flexibility index (Phi) is 8.46. The fourth-order valence-corrected chi connectivity index (χ4v) is 5.26. The van der Waals surface area contributed by atoms with Gasteiger partial charge in [0.15, 0.2) is 0 Å². The van der Waals surface area contributed by atoms with E-state index in [1.165, 1.54) is 42.3 Å². The molecule has 0 radical (unpaired) electrons. The van der Waals surface area contributed by atoms with Gasteiger partial charge in [-0.05, 0) is 44.0 Å². The van der Waals surface area contributed by atoms with Crippen molar-refractivity contribution in [1.29, 1.82) is 0 Å². The highest BCUT2D eigenvalue weighted by molar-refractivity contribution is 7.93. The Balaban J connectivity index is 2.03. The zero-order chi connectivity index (χ0) is 28.5. The number of hydrogen-bond acceptors (Lipinski definition) is 6. The van der Waals surface area contributed by atoms with E-state index < -0.39 is 62.8 Å². The molecule has 0 aliphatic carbocycles. The minimum atomic E-state index is -4.81. The molecular formula is C24H28F5N5O3S. The van der Waals surface area contributed by atoms with E-state index in [4.69, 9.17) is 5.73 Å². The third-order valence-electron chi connectivity index (χ3n) is 6.05. The molecule has 2 heterocycles. The number of pyridine rings is 1. The van der Waals surface area contributed by atoms with Crippen LogP contribution in [0.5, 0.6) is 0 Å². The van der Waals surface area contributed by atoms with Gasteiger partial charge >= 0.3 is 6.18 Å². The first-order valence-electron chi connectivity index (χ1n) is 11.6. The zero-order valence-corrected chi connectivity index (χ0v) is 21.8. The molecule has 2 aromatic rings. The minimum absolute atomic E-state index is 0.0619. The summed E-state index contributed by atoms with van der Waals surface area (Å²) in [6.07, 6.45) is -3.86. The third-order valence-corrected chi connectivity index (χ3v) is 7.71. The second kappa shape index (κ2) is 10.9. The van der Waals surface area contributed by atoms with Gasteiger partial charge in [0.2, 0.25) is 5.92 Å². The number of anilines is 2. The molecule has 1 aliphatic heterocycles. The molecule has 0 bridgehead atoms. The van der Waals surface area contributed by atoms with Gasteiger partial charge in [0, 0.05) is 49.0 Å². The number of nitrogens with one attached hydrogen (secondary N) is 1. The Morgan fingerprint density at radius 2 is 1.92 bits per heavy atom. The molecule has 3 rings (SSSR count). The number of alkyl halides is 5. The number of aromatic nitrogens is 1. The lowest BCUT2D eigenvalue weighted by Gasteiger charge is -2.26. The summed E-state index contributed by atoms with van der Waals surface area (Å²) >= 11 is 0. The average Bonchev–Trinajstić information content (AvgIpc) is 2.98. The number of hydrogen-bond donors (Lipinski definition) is 2. The van der Waals surface area contributed by atoms with Gasteiger partial charge in [-0.3, -0.25) is 9.59 Å². The van der Waals surface area contributed by atoms with Crippen LogP contribution in [0.3, 0.4) is 0 Å². The van der Waals surface area contributed by atoms with E-state index in [0.29, 0.717) is 6.20 Å². The summed E-state index contributed by atoms with van der Waals surface area (Å²) in [5.74, 6) is -4.82. The second-order valence-corrected chi connectivity index (χ2v) is 11.5. The van der Waals surface area contributed by atoms with Crippen LogP contribution < -0.4 is 16.0 Å². The molecule has 0 spiro atoms. The summed E-state index contributed by atoms with van der Waals surface area (Å²) in [6, 6.07) is 4.55. The quantitative estimate of drug-likeness (QED) is 0.515. The molecule has 0 saturated carbocycles. The fourth-order valence-electron chi connectivity index (χ4n) is 3.97. The van der Waals surface area contributed by atoms with Gasteiger partial charge < -0.3 is 16.0 Å². The Morgan fingerprint density at radius 1 is 1.24 bits per heavy atom. The number of amides is 2. The maximum absolute atomic E-state index is 13.9. The second-order valence-electron chi connectivity index (χ2n) is 9.19. The van der Waals surface area contributed by atoms with E-state index in [9.17, 15) is 35.8 Å². The summed E-state index contributed by atoms with van der Waals surface area (Å²) in [5, 5.41) is 2.48. The van der Waals surface area contributed by atoms with Crippen LogP contribution in [-0.4, -0.2) is 52.3 Å². The molecular weight excluding hydrogens is 533 g/mol. The van der Waals surface area contributed by atoms with Crippen LogP contribution in [0.25, 0.3) is 0 Å². The van der Waals surface area contributed by atoms with E-state index >= 15 is 0 Å². The lowest BCUT2D eigenvalue weighted by atomic mass is 10.0. The molecule has 208 valence electrons. The number of carbonyl (C=O) groups is 2. The minimum Gasteiger partial charge on any atom is -0.356 e. The monoisotopic (exact) mass is 561 g/mol. The van der Waals surface area contributed by atoms with Gasteiger partial charge in [-0.2, -0.15) is 17.5 Å². The molecule has 38 heavy (non-hydrogen) atoms. The van der Waals surface area contributed by atoms with Gasteiger partial charge in [0.05, 0.1) is 26.9 Å². The van der Waals surface area contributed by atoms with Gasteiger partial charge in [0.25, 0.3) is 11.8 Å². The number of nitrogens with two attached hydrogens (primary N) is 1. The van der Waals surface area contributed by atoms with E-state index in [1.54, 1.807) is 0 Å². The summed E-state index contributed by atoms with van der Waals surface area (Å²) in [6.45, 7) is 2.37. The molecule has 1 aromatic carbocycles. The molecule has 1 aliphatic rings. The number of rotatable bonds is 5. The van der Waals surface area contributed by atoms with Crippen molar-refractivity contribution in [1.82, 2.24) is 4.98 Å². The lowest BCUT2D eigenvalue weighted by molar-refractivity contribution is -0.138. The lowest BCUT2D eigenvalue weighted by Crippen LogP contribution is -2.30. The number of carbonyl (C=O) groups excluding carboxylic acids is 2. The molecule has 1 saturated heterocycles. The van der Waals surface area contributed by atoms with E-state index in [2.05, 4.69) is 14.7 Å². The van der Waals surface area contributed by atoms with Gasteiger partial charge in [-0.15, -0.1) is 0 Å². The third kappa shape index (κ3) is 6.84. The highest BCUT2D eigenvalue weighted by Gasteiger charge is 2.38. The van der Waals surface area contributed by atoms with Crippen molar-refractivity contribution in [3.63, 3.8) is 0 Å². The molecule has 2 atom stereocenters. The van der Waals surface area contributed by atoms with Gasteiger partial charge in [-0.25, -0.2) is 18.0 Å². The SMILES string of the molecule is Cc1c(C(F)(F)F)cnc(N2CCCC(F)(F)CC2)c1C(=O)Nc1cccc(S(C)(=O)=NC(=O)C(C)N)c1. The van der Waals surface area contributed by atoms with Gasteiger partial charge in [-0.1, -0.05) is 6.07 Å². The van der Waals surface area contributed by atoms with Crippen LogP contribution >= 0.6 is 0 Å². The predicted octanol–water partition coefficient (Wildman–Crippen LogP) is 4.62. The van der Waals surface area contributed by atoms with E-state index in [0.717, 1.165) is 6.92 Å². The Bertz CT molecular complexity index is 1350. The van der Waals surface area contributed by atoms with Crippen molar-refractivity contribution in [2.24, 2.45) is 10.1 Å². The molecule has 14 heteroatoms. The van der Waals surface area contributed by atoms with Gasteiger partial charge in [0.1, 0.15) is 5.82 Å². The van der Waals surface area contributed by atoms with E-state index in [-0.39, 0.29) is 42.3 Å². The van der Waals surface area contributed by atoms with Crippen molar-refractivity contribution < 1.29 is 35.8 Å². The van der Waals surface area contributed by atoms with Crippen LogP contribution in [0.4, 0.5) is 33.5 Å². The molecule has 3 N–H and O–H groups in total. The summed E-state index contributed by atoms with van der Waals surface area (Å²) in [4.78, 5) is 30.6. The van der Waals surface area contributed by atoms with Crippen LogP contribution in [0.15, 0.2) is 39.7 Å². The fraction of sp³-hybridized carbons (Fsp3) is 0.458. The predicted molar refractivity (Wildman–Crippen MR) is 133 cm³/mol. The van der Waals surface area contributed by atoms with E-state index in [1.807, 2.05) is 0 Å². The van der Waals surface area contributed by atoms with Crippen LogP contribution in [0.1, 0.15) is 47.7 Å². The molecule has 8 nitrogen and oxygen atoms in total. The average molecular weight is 562 g/mol. The van der Waals surface area contributed by atoms with Crippen molar-refractivity contribution in [2.45, 2.75) is 56.1 Å². The normalized spacial score (nSPS) is 18.2. The first-order chi connectivity index (χ1) is 17.5. The smallest absolute Gasteiger partial charge is 0.356 e. The first-order valence-corrected chi connectivity index (χ1v) is 13.6. The Morgan fingerprint density at radius 3 is 2.55 bits per heavy atom. The number of halogens is 5. The molecule has 2 amide bonds. The summed E-state index contributed by atoms with van der Waals surface area (Å²) in [7, 11) is -3.25. The van der Waals surface area contributed by atoms with Crippen molar-refractivity contribution in [3.05, 3.63) is 47.2 Å². The number of nitrogens with zero attached hydrogens (tertiary/aromatic N) is 3. The molecule has 2 unspecified atom stereocenters. The van der Waals surface area contributed by atoms with Crippen LogP contribution in [0, 0.1) is 6.92 Å². The summed E-state index contributed by atoms with van der Waals surface area (Å²) < 4.78 is 85.4. The van der Waals surface area contributed by atoms with Crippen molar-refractivity contribution >= 4 is 33.0 Å². The highest BCUT2D eigenvalue weighted by atomic mass is 32.2. The highest BCUT2D eigenvalue weighted by Crippen LogP contribution is 2.37. The Labute approximate surface area is 217 Å². The summed E-state index contributed by atoms with van der Waals surface area (Å²) in [5.41, 5.74) is 3.59. The first kappa shape index (κ1) is 29.4. The largest absolute Gasteiger partial charge is 0.418 e. The maximum atomic E-state index is 13.9. The van der Waals surface area contributed by atoms with Crippen molar-refractivity contribution in [3.8, 4) is 0 Å². The zero-order valence-electron chi connectivity index (χ0n) is 20.9. The standard InChI is InChI=1S/C24H28F5N5O3S/c1-14-18(24(27,28)29)13-31-20(34-10-5-8-23(25,26)9-11-34)19(14)22(36)32-16-6-4-7-17(12-16)38(3,37)33-21(35)15(2)30/h4,6-7,12-13,15H,5,8-11,30H2,1-3H3,(H,32,36). The van der Waals surface area contributed by atoms with Crippen LogP contribution in [0.2, 0.25) is 0 Å². The molecule has 1 aromatic heterocycles. The number of benzene rings is 1. The van der Waals surface area contributed by atoms with Crippen molar-refractivity contribution in [2.75, 3.05) is 29.6 Å². The Hall–Kier alpha value is -3.13. The molecule has 1 fully saturated rings. The maximum Gasteiger partial charge on any atom is 0.418 e. The topological polar surface area (TPSA) is 118 Å². The van der Waals surface area contributed by atoms with Crippen LogP contribution in [-0.2, 0) is 20.7 Å².